The number of carbonyl (C=O) groups is 3. The Labute approximate surface area is 151 Å². The maximum absolute atomic E-state index is 12.6. The summed E-state index contributed by atoms with van der Waals surface area (Å²) in [6.07, 6.45) is 1.74. The van der Waals surface area contributed by atoms with Crippen LogP contribution in [0.5, 0.6) is 0 Å². The van der Waals surface area contributed by atoms with E-state index in [4.69, 9.17) is 5.11 Å². The Hall–Kier alpha value is -2.02. The molecule has 0 spiro atoms. The molecular formula is C18H22N2O4S. The molecule has 0 aromatic heterocycles. The Morgan fingerprint density at radius 1 is 1.40 bits per heavy atom. The van der Waals surface area contributed by atoms with E-state index in [9.17, 15) is 14.4 Å². The van der Waals surface area contributed by atoms with Crippen LogP contribution in [0.1, 0.15) is 32.3 Å². The van der Waals surface area contributed by atoms with Crippen molar-refractivity contribution in [1.29, 1.82) is 0 Å². The van der Waals surface area contributed by atoms with Crippen LogP contribution >= 0.6 is 11.8 Å². The Kier molecular flexibility index (Phi) is 4.77. The summed E-state index contributed by atoms with van der Waals surface area (Å²) in [4.78, 5) is 37.1. The monoisotopic (exact) mass is 362 g/mol. The van der Waals surface area contributed by atoms with Gasteiger partial charge in [-0.3, -0.25) is 14.4 Å². The molecule has 134 valence electrons. The number of thioether (sulfide) groups is 1. The van der Waals surface area contributed by atoms with Crippen molar-refractivity contribution in [2.24, 2.45) is 5.92 Å². The molecule has 1 aromatic carbocycles. The minimum absolute atomic E-state index is 0.0469. The molecule has 6 nitrogen and oxygen atoms in total. The van der Waals surface area contributed by atoms with Crippen LogP contribution < -0.4 is 5.32 Å². The minimum Gasteiger partial charge on any atom is -0.481 e. The number of amides is 2. The number of benzene rings is 1. The molecule has 0 radical (unpaired) electrons. The number of carbonyl (C=O) groups excluding carboxylic acids is 2. The molecule has 2 fully saturated rings. The first kappa shape index (κ1) is 17.8. The fourth-order valence-corrected chi connectivity index (χ4v) is 4.84. The highest BCUT2D eigenvalue weighted by atomic mass is 32.2. The third-order valence-electron chi connectivity index (χ3n) is 4.93. The number of rotatable bonds is 5. The number of hydrogen-bond acceptors (Lipinski definition) is 4. The van der Waals surface area contributed by atoms with Crippen molar-refractivity contribution in [2.45, 2.75) is 44.0 Å². The molecule has 3 atom stereocenters. The van der Waals surface area contributed by atoms with E-state index in [0.29, 0.717) is 24.3 Å². The van der Waals surface area contributed by atoms with Crippen molar-refractivity contribution in [2.75, 3.05) is 11.1 Å². The molecule has 2 heterocycles. The van der Waals surface area contributed by atoms with Gasteiger partial charge in [0.2, 0.25) is 11.8 Å². The van der Waals surface area contributed by atoms with Gasteiger partial charge >= 0.3 is 5.97 Å². The lowest BCUT2D eigenvalue weighted by molar-refractivity contribution is -0.141. The maximum atomic E-state index is 12.6. The Morgan fingerprint density at radius 3 is 2.72 bits per heavy atom. The summed E-state index contributed by atoms with van der Waals surface area (Å²) >= 11 is 1.67. The molecule has 3 unspecified atom stereocenters. The van der Waals surface area contributed by atoms with Gasteiger partial charge in [0.25, 0.3) is 0 Å². The fraction of sp³-hybridized carbons (Fsp3) is 0.500. The van der Waals surface area contributed by atoms with Gasteiger partial charge in [-0.25, -0.2) is 0 Å². The van der Waals surface area contributed by atoms with E-state index >= 15 is 0 Å². The van der Waals surface area contributed by atoms with Crippen molar-refractivity contribution in [3.8, 4) is 0 Å². The number of nitrogens with zero attached hydrogens (tertiary/aromatic N) is 1. The highest BCUT2D eigenvalue weighted by molar-refractivity contribution is 8.01. The number of anilines is 1. The molecule has 2 amide bonds. The molecule has 2 saturated heterocycles. The third-order valence-corrected chi connectivity index (χ3v) is 6.44. The molecule has 0 aliphatic carbocycles. The zero-order valence-corrected chi connectivity index (χ0v) is 15.1. The second-order valence-corrected chi connectivity index (χ2v) is 8.40. The number of nitrogens with one attached hydrogen (secondary N) is 1. The van der Waals surface area contributed by atoms with Crippen LogP contribution in [0, 0.1) is 5.92 Å². The van der Waals surface area contributed by atoms with Crippen LogP contribution in [-0.2, 0) is 20.8 Å². The first-order valence-electron chi connectivity index (χ1n) is 8.39. The SMILES string of the molecule is CC(Cc1ccc(NC(=O)C2CSC3(C)CCC(=O)N23)cc1)C(=O)O. The summed E-state index contributed by atoms with van der Waals surface area (Å²) < 4.78 is 0. The molecule has 2 aliphatic rings. The Morgan fingerprint density at radius 2 is 2.08 bits per heavy atom. The normalized spacial score (nSPS) is 26.4. The highest BCUT2D eigenvalue weighted by Crippen LogP contribution is 2.47. The van der Waals surface area contributed by atoms with Crippen LogP contribution in [0.15, 0.2) is 24.3 Å². The van der Waals surface area contributed by atoms with Gasteiger partial charge in [0.15, 0.2) is 0 Å². The van der Waals surface area contributed by atoms with Gasteiger partial charge in [0.05, 0.1) is 10.8 Å². The van der Waals surface area contributed by atoms with Gasteiger partial charge in [0, 0.05) is 17.9 Å². The number of aliphatic carboxylic acids is 1. The molecule has 2 aliphatic heterocycles. The number of hydrogen-bond donors (Lipinski definition) is 2. The molecule has 25 heavy (non-hydrogen) atoms. The van der Waals surface area contributed by atoms with E-state index in [1.54, 1.807) is 35.7 Å². The second kappa shape index (κ2) is 6.71. The van der Waals surface area contributed by atoms with E-state index < -0.39 is 17.9 Å². The van der Waals surface area contributed by atoms with Crippen molar-refractivity contribution in [3.63, 3.8) is 0 Å². The fourth-order valence-electron chi connectivity index (χ4n) is 3.41. The number of carboxylic acids is 1. The first-order chi connectivity index (χ1) is 11.8. The van der Waals surface area contributed by atoms with Crippen LogP contribution in [0.2, 0.25) is 0 Å². The molecule has 1 aromatic rings. The summed E-state index contributed by atoms with van der Waals surface area (Å²) in [6.45, 7) is 3.69. The molecular weight excluding hydrogens is 340 g/mol. The van der Waals surface area contributed by atoms with Crippen molar-refractivity contribution < 1.29 is 19.5 Å². The maximum Gasteiger partial charge on any atom is 0.306 e. The predicted molar refractivity (Wildman–Crippen MR) is 96.3 cm³/mol. The zero-order chi connectivity index (χ0) is 18.2. The standard InChI is InChI=1S/C18H22N2O4S/c1-11(17(23)24)9-12-3-5-13(6-4-12)19-16(22)14-10-25-18(2)8-7-15(21)20(14)18/h3-6,11,14H,7-10H2,1-2H3,(H,19,22)(H,23,24). The van der Waals surface area contributed by atoms with Crippen molar-refractivity contribution in [1.82, 2.24) is 4.90 Å². The number of carboxylic acid groups (broad SMARTS) is 1. The smallest absolute Gasteiger partial charge is 0.306 e. The first-order valence-corrected chi connectivity index (χ1v) is 9.37. The molecule has 7 heteroatoms. The molecule has 2 N–H and O–H groups in total. The highest BCUT2D eigenvalue weighted by Gasteiger charge is 2.52. The molecule has 3 rings (SSSR count). The van der Waals surface area contributed by atoms with E-state index in [-0.39, 0.29) is 16.7 Å². The van der Waals surface area contributed by atoms with E-state index in [2.05, 4.69) is 5.32 Å². The summed E-state index contributed by atoms with van der Waals surface area (Å²) in [5.74, 6) is -0.782. The van der Waals surface area contributed by atoms with Crippen LogP contribution in [0.25, 0.3) is 0 Å². The Balaban J connectivity index is 1.64. The lowest BCUT2D eigenvalue weighted by Crippen LogP contribution is -2.48. The predicted octanol–water partition coefficient (Wildman–Crippen LogP) is 2.34. The van der Waals surface area contributed by atoms with Crippen molar-refractivity contribution in [3.05, 3.63) is 29.8 Å². The van der Waals surface area contributed by atoms with Gasteiger partial charge in [-0.2, -0.15) is 0 Å². The van der Waals surface area contributed by atoms with Gasteiger partial charge in [-0.15, -0.1) is 11.8 Å². The summed E-state index contributed by atoms with van der Waals surface area (Å²) in [6, 6.07) is 6.76. The third kappa shape index (κ3) is 3.51. The zero-order valence-electron chi connectivity index (χ0n) is 14.3. The lowest BCUT2D eigenvalue weighted by atomic mass is 10.0. The topological polar surface area (TPSA) is 86.7 Å². The van der Waals surface area contributed by atoms with Crippen molar-refractivity contribution >= 4 is 35.2 Å². The van der Waals surface area contributed by atoms with Crippen LogP contribution in [0.3, 0.4) is 0 Å². The average molecular weight is 362 g/mol. The van der Waals surface area contributed by atoms with Gasteiger partial charge in [0.1, 0.15) is 6.04 Å². The van der Waals surface area contributed by atoms with E-state index in [1.165, 1.54) is 0 Å². The van der Waals surface area contributed by atoms with Gasteiger partial charge in [-0.1, -0.05) is 19.1 Å². The lowest BCUT2D eigenvalue weighted by Gasteiger charge is -2.29. The summed E-state index contributed by atoms with van der Waals surface area (Å²) in [5, 5.41) is 11.8. The molecule has 0 saturated carbocycles. The minimum atomic E-state index is -0.825. The van der Waals surface area contributed by atoms with E-state index in [0.717, 1.165) is 12.0 Å². The summed E-state index contributed by atoms with van der Waals surface area (Å²) in [5.41, 5.74) is 1.56. The van der Waals surface area contributed by atoms with E-state index in [1.807, 2.05) is 19.1 Å². The van der Waals surface area contributed by atoms with Gasteiger partial charge < -0.3 is 15.3 Å². The number of fused-ring (bicyclic) bond motifs is 1. The quantitative estimate of drug-likeness (QED) is 0.840. The summed E-state index contributed by atoms with van der Waals surface area (Å²) in [7, 11) is 0. The Bertz CT molecular complexity index is 706. The largest absolute Gasteiger partial charge is 0.481 e. The van der Waals surface area contributed by atoms with Gasteiger partial charge in [-0.05, 0) is 37.5 Å². The van der Waals surface area contributed by atoms with Crippen LogP contribution in [0.4, 0.5) is 5.69 Å². The average Bonchev–Trinajstić information content (AvgIpc) is 3.05. The molecule has 0 bridgehead atoms. The van der Waals surface area contributed by atoms with Crippen LogP contribution in [-0.4, -0.2) is 44.5 Å². The second-order valence-electron chi connectivity index (χ2n) is 6.90.